The van der Waals surface area contributed by atoms with Crippen molar-refractivity contribution in [2.24, 2.45) is 0 Å². The number of nitro benzene ring substituents is 1. The first-order chi connectivity index (χ1) is 12.8. The topological polar surface area (TPSA) is 127 Å². The van der Waals surface area contributed by atoms with Gasteiger partial charge in [-0.2, -0.15) is 0 Å². The van der Waals surface area contributed by atoms with E-state index in [0.29, 0.717) is 5.69 Å². The van der Waals surface area contributed by atoms with Gasteiger partial charge in [0.2, 0.25) is 5.91 Å². The number of anilines is 1. The lowest BCUT2D eigenvalue weighted by molar-refractivity contribution is -0.384. The van der Waals surface area contributed by atoms with Gasteiger partial charge in [0.25, 0.3) is 17.5 Å². The van der Waals surface area contributed by atoms with Crippen molar-refractivity contribution < 1.29 is 24.1 Å². The summed E-state index contributed by atoms with van der Waals surface area (Å²) in [6, 6.07) is 9.37. The Morgan fingerprint density at radius 1 is 1.04 bits per heavy atom. The molecule has 0 saturated carbocycles. The third kappa shape index (κ3) is 3.43. The summed E-state index contributed by atoms with van der Waals surface area (Å²) in [5.41, 5.74) is 0.387. The number of carbonyl (C=O) groups is 4. The zero-order valence-electron chi connectivity index (χ0n) is 14.1. The van der Waals surface area contributed by atoms with E-state index in [1.807, 2.05) is 0 Å². The number of hydrogen-bond acceptors (Lipinski definition) is 6. The summed E-state index contributed by atoms with van der Waals surface area (Å²) in [6.07, 6.45) is 0. The molecule has 0 saturated heterocycles. The Morgan fingerprint density at radius 2 is 1.67 bits per heavy atom. The molecule has 0 fully saturated rings. The molecule has 2 aromatic carbocycles. The van der Waals surface area contributed by atoms with Crippen molar-refractivity contribution in [1.29, 1.82) is 0 Å². The molecule has 2 aromatic rings. The average molecular weight is 367 g/mol. The summed E-state index contributed by atoms with van der Waals surface area (Å²) >= 11 is 0. The van der Waals surface area contributed by atoms with E-state index in [9.17, 15) is 29.3 Å². The molecule has 1 heterocycles. The molecule has 1 aliphatic heterocycles. The molecule has 9 nitrogen and oxygen atoms in total. The smallest absolute Gasteiger partial charge is 0.270 e. The standard InChI is InChI=1S/C18H13N3O6/c1-10(22)19-12-4-2-11(3-5-12)16(23)9-20-17(24)14-7-6-13(21(26)27)8-15(14)18(20)25/h2-8H,9H2,1H3,(H,19,22). The van der Waals surface area contributed by atoms with Crippen LogP contribution in [0.4, 0.5) is 11.4 Å². The minimum absolute atomic E-state index is 0.0272. The monoisotopic (exact) mass is 367 g/mol. The third-order valence-electron chi connectivity index (χ3n) is 3.99. The molecule has 3 rings (SSSR count). The van der Waals surface area contributed by atoms with Crippen LogP contribution in [0.5, 0.6) is 0 Å². The van der Waals surface area contributed by atoms with Gasteiger partial charge in [-0.05, 0) is 30.3 Å². The Balaban J connectivity index is 1.78. The lowest BCUT2D eigenvalue weighted by Gasteiger charge is -2.13. The second-order valence-corrected chi connectivity index (χ2v) is 5.87. The summed E-state index contributed by atoms with van der Waals surface area (Å²) in [5.74, 6) is -2.15. The maximum absolute atomic E-state index is 12.4. The van der Waals surface area contributed by atoms with Crippen molar-refractivity contribution >= 4 is 34.9 Å². The Hall–Kier alpha value is -3.88. The maximum atomic E-state index is 12.4. The SMILES string of the molecule is CC(=O)Nc1ccc(C(=O)CN2C(=O)c3ccc([N+](=O)[O-])cc3C2=O)cc1. The number of hydrogen-bond donors (Lipinski definition) is 1. The van der Waals surface area contributed by atoms with Crippen molar-refractivity contribution in [3.63, 3.8) is 0 Å². The molecule has 0 aliphatic carbocycles. The molecule has 136 valence electrons. The molecule has 0 bridgehead atoms. The number of rotatable bonds is 5. The molecule has 1 N–H and O–H groups in total. The molecular formula is C18H13N3O6. The number of benzene rings is 2. The minimum atomic E-state index is -0.748. The normalized spacial score (nSPS) is 12.7. The Bertz CT molecular complexity index is 997. The third-order valence-corrected chi connectivity index (χ3v) is 3.99. The van der Waals surface area contributed by atoms with Gasteiger partial charge in [0.15, 0.2) is 5.78 Å². The molecule has 0 unspecified atom stereocenters. The largest absolute Gasteiger partial charge is 0.326 e. The van der Waals surface area contributed by atoms with E-state index in [1.165, 1.54) is 37.3 Å². The Labute approximate surface area is 152 Å². The number of non-ortho nitro benzene ring substituents is 1. The predicted octanol–water partition coefficient (Wildman–Crippen LogP) is 2.03. The first-order valence-electron chi connectivity index (χ1n) is 7.83. The van der Waals surface area contributed by atoms with E-state index in [1.54, 1.807) is 0 Å². The second kappa shape index (κ2) is 6.79. The van der Waals surface area contributed by atoms with E-state index in [0.717, 1.165) is 17.0 Å². The first kappa shape index (κ1) is 17.9. The highest BCUT2D eigenvalue weighted by Gasteiger charge is 2.37. The van der Waals surface area contributed by atoms with Gasteiger partial charge in [0.05, 0.1) is 22.6 Å². The van der Waals surface area contributed by atoms with Gasteiger partial charge >= 0.3 is 0 Å². The van der Waals surface area contributed by atoms with E-state index in [-0.39, 0.29) is 28.3 Å². The fourth-order valence-corrected chi connectivity index (χ4v) is 2.71. The fourth-order valence-electron chi connectivity index (χ4n) is 2.71. The zero-order valence-corrected chi connectivity index (χ0v) is 14.1. The highest BCUT2D eigenvalue weighted by Crippen LogP contribution is 2.27. The van der Waals surface area contributed by atoms with Gasteiger partial charge in [-0.1, -0.05) is 0 Å². The van der Waals surface area contributed by atoms with Crippen molar-refractivity contribution in [3.8, 4) is 0 Å². The molecule has 0 radical (unpaired) electrons. The summed E-state index contributed by atoms with van der Waals surface area (Å²) < 4.78 is 0. The second-order valence-electron chi connectivity index (χ2n) is 5.87. The van der Waals surface area contributed by atoms with Crippen LogP contribution in [0.25, 0.3) is 0 Å². The number of nitrogens with zero attached hydrogens (tertiary/aromatic N) is 2. The number of nitrogens with one attached hydrogen (secondary N) is 1. The van der Waals surface area contributed by atoms with Crippen LogP contribution in [-0.4, -0.2) is 39.9 Å². The number of amides is 3. The molecule has 3 amide bonds. The van der Waals surface area contributed by atoms with Crippen molar-refractivity contribution in [3.05, 3.63) is 69.3 Å². The number of imide groups is 1. The highest BCUT2D eigenvalue weighted by molar-refractivity contribution is 6.23. The summed E-state index contributed by atoms with van der Waals surface area (Å²) in [4.78, 5) is 59.1. The van der Waals surface area contributed by atoms with Crippen LogP contribution in [0, 0.1) is 10.1 Å². The number of Topliss-reactive ketones (excluding diaryl/α,β-unsaturated/α-hetero) is 1. The van der Waals surface area contributed by atoms with Gasteiger partial charge in [0, 0.05) is 30.3 Å². The lowest BCUT2D eigenvalue weighted by atomic mass is 10.1. The highest BCUT2D eigenvalue weighted by atomic mass is 16.6. The number of fused-ring (bicyclic) bond motifs is 1. The van der Waals surface area contributed by atoms with Gasteiger partial charge in [0.1, 0.15) is 0 Å². The van der Waals surface area contributed by atoms with Gasteiger partial charge < -0.3 is 5.32 Å². The molecular weight excluding hydrogens is 354 g/mol. The summed E-state index contributed by atoms with van der Waals surface area (Å²) in [7, 11) is 0. The van der Waals surface area contributed by atoms with Gasteiger partial charge in [-0.25, -0.2) is 0 Å². The number of ketones is 1. The molecule has 0 atom stereocenters. The van der Waals surface area contributed by atoms with Gasteiger partial charge in [-0.3, -0.25) is 34.2 Å². The maximum Gasteiger partial charge on any atom is 0.270 e. The predicted molar refractivity (Wildman–Crippen MR) is 93.5 cm³/mol. The van der Waals surface area contributed by atoms with Crippen LogP contribution >= 0.6 is 0 Å². The molecule has 1 aliphatic rings. The van der Waals surface area contributed by atoms with Crippen LogP contribution in [0.3, 0.4) is 0 Å². The van der Waals surface area contributed by atoms with Crippen LogP contribution in [0.15, 0.2) is 42.5 Å². The van der Waals surface area contributed by atoms with Crippen LogP contribution < -0.4 is 5.32 Å². The van der Waals surface area contributed by atoms with Crippen LogP contribution in [0.2, 0.25) is 0 Å². The lowest BCUT2D eigenvalue weighted by Crippen LogP contribution is -2.34. The molecule has 0 aromatic heterocycles. The van der Waals surface area contributed by atoms with E-state index in [2.05, 4.69) is 5.32 Å². The van der Waals surface area contributed by atoms with E-state index >= 15 is 0 Å². The number of nitro groups is 1. The quantitative estimate of drug-likeness (QED) is 0.373. The molecule has 9 heteroatoms. The van der Waals surface area contributed by atoms with Crippen LogP contribution in [-0.2, 0) is 4.79 Å². The number of carbonyl (C=O) groups excluding carboxylic acids is 4. The first-order valence-corrected chi connectivity index (χ1v) is 7.83. The molecule has 0 spiro atoms. The molecule has 27 heavy (non-hydrogen) atoms. The zero-order chi connectivity index (χ0) is 19.7. The van der Waals surface area contributed by atoms with Crippen molar-refractivity contribution in [2.45, 2.75) is 6.92 Å². The van der Waals surface area contributed by atoms with Crippen molar-refractivity contribution in [2.75, 3.05) is 11.9 Å². The minimum Gasteiger partial charge on any atom is -0.326 e. The van der Waals surface area contributed by atoms with Crippen molar-refractivity contribution in [1.82, 2.24) is 4.90 Å². The van der Waals surface area contributed by atoms with E-state index in [4.69, 9.17) is 0 Å². The fraction of sp³-hybridized carbons (Fsp3) is 0.111. The summed E-state index contributed by atoms with van der Waals surface area (Å²) in [6.45, 7) is 0.866. The van der Waals surface area contributed by atoms with Crippen LogP contribution in [0.1, 0.15) is 38.0 Å². The summed E-state index contributed by atoms with van der Waals surface area (Å²) in [5, 5.41) is 13.4. The average Bonchev–Trinajstić information content (AvgIpc) is 2.86. The van der Waals surface area contributed by atoms with E-state index < -0.39 is 29.1 Å². The van der Waals surface area contributed by atoms with Gasteiger partial charge in [-0.15, -0.1) is 0 Å². The Kier molecular flexibility index (Phi) is 4.51. The Morgan fingerprint density at radius 3 is 2.26 bits per heavy atom.